The second-order valence-electron chi connectivity index (χ2n) is 7.03. The Bertz CT molecular complexity index is 843. The van der Waals surface area contributed by atoms with Gasteiger partial charge >= 0.3 is 6.09 Å². The molecule has 0 radical (unpaired) electrons. The van der Waals surface area contributed by atoms with Gasteiger partial charge < -0.3 is 15.0 Å². The van der Waals surface area contributed by atoms with Gasteiger partial charge in [-0.15, -0.1) is 0 Å². The summed E-state index contributed by atoms with van der Waals surface area (Å²) in [5.41, 5.74) is 1.49. The van der Waals surface area contributed by atoms with Gasteiger partial charge in [-0.3, -0.25) is 14.4 Å². The van der Waals surface area contributed by atoms with Crippen LogP contribution >= 0.6 is 0 Å². The molecule has 2 fully saturated rings. The Labute approximate surface area is 138 Å². The molecule has 8 nitrogen and oxygen atoms in total. The Morgan fingerprint density at radius 3 is 2.67 bits per heavy atom. The first-order valence-electron chi connectivity index (χ1n) is 8.26. The predicted molar refractivity (Wildman–Crippen MR) is 88.4 cm³/mol. The smallest absolute Gasteiger partial charge is 0.407 e. The molecule has 0 aliphatic carbocycles. The molecule has 2 N–H and O–H groups in total. The van der Waals surface area contributed by atoms with Crippen molar-refractivity contribution in [2.24, 2.45) is 0 Å². The molecule has 2 aliphatic heterocycles. The van der Waals surface area contributed by atoms with Gasteiger partial charge in [-0.2, -0.15) is 5.10 Å². The number of aromatic nitrogens is 3. The van der Waals surface area contributed by atoms with Crippen molar-refractivity contribution < 1.29 is 9.90 Å². The number of pyridine rings is 1. The van der Waals surface area contributed by atoms with E-state index in [0.717, 1.165) is 24.3 Å². The molecule has 0 aromatic carbocycles. The number of carboxylic acid groups (broad SMARTS) is 1. The van der Waals surface area contributed by atoms with Crippen LogP contribution in [-0.2, 0) is 0 Å². The number of amides is 1. The Morgan fingerprint density at radius 2 is 2.04 bits per heavy atom. The number of fused-ring (bicyclic) bond motifs is 1. The summed E-state index contributed by atoms with van der Waals surface area (Å²) in [6, 6.07) is 2.77. The third-order valence-electron chi connectivity index (χ3n) is 5.19. The topological polar surface area (TPSA) is 94.5 Å². The van der Waals surface area contributed by atoms with Crippen LogP contribution in [0.2, 0.25) is 0 Å². The van der Waals surface area contributed by atoms with Crippen LogP contribution in [0, 0.1) is 0 Å². The predicted octanol–water partition coefficient (Wildman–Crippen LogP) is 1.07. The average Bonchev–Trinajstić information content (AvgIpc) is 2.79. The largest absolute Gasteiger partial charge is 0.465 e. The van der Waals surface area contributed by atoms with E-state index in [-0.39, 0.29) is 17.5 Å². The van der Waals surface area contributed by atoms with Crippen LogP contribution in [0.25, 0.3) is 10.9 Å². The van der Waals surface area contributed by atoms with Crippen molar-refractivity contribution in [3.05, 3.63) is 28.3 Å². The fourth-order valence-electron chi connectivity index (χ4n) is 3.48. The maximum atomic E-state index is 12.3. The molecule has 2 aromatic rings. The van der Waals surface area contributed by atoms with E-state index in [1.54, 1.807) is 6.20 Å². The van der Waals surface area contributed by atoms with Crippen molar-refractivity contribution >= 4 is 17.0 Å². The molecular weight excluding hydrogens is 310 g/mol. The molecule has 0 spiro atoms. The minimum Gasteiger partial charge on any atom is -0.465 e. The molecular formula is C16H21N5O3. The van der Waals surface area contributed by atoms with Crippen molar-refractivity contribution in [1.82, 2.24) is 24.6 Å². The van der Waals surface area contributed by atoms with Crippen molar-refractivity contribution in [2.45, 2.75) is 31.8 Å². The van der Waals surface area contributed by atoms with E-state index >= 15 is 0 Å². The van der Waals surface area contributed by atoms with Gasteiger partial charge in [0.05, 0.1) is 23.1 Å². The second-order valence-corrected chi connectivity index (χ2v) is 7.03. The number of likely N-dealkylation sites (tertiary alicyclic amines) is 2. The molecule has 0 bridgehead atoms. The van der Waals surface area contributed by atoms with Crippen molar-refractivity contribution in [1.29, 1.82) is 0 Å². The molecule has 2 aromatic heterocycles. The van der Waals surface area contributed by atoms with E-state index in [4.69, 9.17) is 5.11 Å². The zero-order chi connectivity index (χ0) is 17.0. The first-order valence-corrected chi connectivity index (χ1v) is 8.26. The van der Waals surface area contributed by atoms with E-state index in [1.807, 2.05) is 10.7 Å². The summed E-state index contributed by atoms with van der Waals surface area (Å²) in [5, 5.41) is 14.0. The standard InChI is InChI=1S/C16H21N5O3/c1-9(2)19-7-11(8-19)21-14-3-13(10-5-20(6-10)16(23)24)18-15(22)12(14)4-17-21/h3-4,9-11H,5-8H2,1-2H3,(H,18,22)(H,23,24). The Hall–Kier alpha value is -2.35. The van der Waals surface area contributed by atoms with Gasteiger partial charge in [0.1, 0.15) is 0 Å². The summed E-state index contributed by atoms with van der Waals surface area (Å²) in [7, 11) is 0. The quantitative estimate of drug-likeness (QED) is 0.877. The lowest BCUT2D eigenvalue weighted by atomic mass is 9.96. The second kappa shape index (κ2) is 5.34. The zero-order valence-corrected chi connectivity index (χ0v) is 13.8. The van der Waals surface area contributed by atoms with Gasteiger partial charge in [-0.25, -0.2) is 4.79 Å². The highest BCUT2D eigenvalue weighted by Gasteiger charge is 2.34. The fraction of sp³-hybridized carbons (Fsp3) is 0.562. The molecule has 24 heavy (non-hydrogen) atoms. The highest BCUT2D eigenvalue weighted by Crippen LogP contribution is 2.29. The number of hydrogen-bond acceptors (Lipinski definition) is 4. The number of nitrogens with one attached hydrogen (secondary N) is 1. The maximum Gasteiger partial charge on any atom is 0.407 e. The summed E-state index contributed by atoms with van der Waals surface area (Å²) in [4.78, 5) is 29.8. The third-order valence-corrected chi connectivity index (χ3v) is 5.19. The van der Waals surface area contributed by atoms with Gasteiger partial charge in [0, 0.05) is 43.8 Å². The van der Waals surface area contributed by atoms with Gasteiger partial charge in [-0.1, -0.05) is 0 Å². The van der Waals surface area contributed by atoms with Gasteiger partial charge in [0.2, 0.25) is 0 Å². The number of hydrogen-bond donors (Lipinski definition) is 2. The third kappa shape index (κ3) is 2.29. The summed E-state index contributed by atoms with van der Waals surface area (Å²) in [6.45, 7) is 7.07. The van der Waals surface area contributed by atoms with Crippen LogP contribution in [0.4, 0.5) is 4.79 Å². The van der Waals surface area contributed by atoms with Crippen LogP contribution in [0.3, 0.4) is 0 Å². The summed E-state index contributed by atoms with van der Waals surface area (Å²) in [6.07, 6.45) is 0.711. The van der Waals surface area contributed by atoms with Gasteiger partial charge in [0.15, 0.2) is 0 Å². The lowest BCUT2D eigenvalue weighted by Crippen LogP contribution is -2.51. The molecule has 0 saturated carbocycles. The Morgan fingerprint density at radius 1 is 1.33 bits per heavy atom. The molecule has 128 valence electrons. The maximum absolute atomic E-state index is 12.3. The minimum absolute atomic E-state index is 0.0510. The van der Waals surface area contributed by atoms with E-state index in [2.05, 4.69) is 28.8 Å². The molecule has 0 atom stereocenters. The minimum atomic E-state index is -0.914. The average molecular weight is 331 g/mol. The lowest BCUT2D eigenvalue weighted by Gasteiger charge is -2.42. The number of nitrogens with zero attached hydrogens (tertiary/aromatic N) is 4. The molecule has 4 rings (SSSR count). The highest BCUT2D eigenvalue weighted by atomic mass is 16.4. The van der Waals surface area contributed by atoms with Crippen LogP contribution in [0.5, 0.6) is 0 Å². The highest BCUT2D eigenvalue weighted by molar-refractivity contribution is 5.78. The van der Waals surface area contributed by atoms with E-state index in [0.29, 0.717) is 24.5 Å². The van der Waals surface area contributed by atoms with E-state index in [9.17, 15) is 9.59 Å². The van der Waals surface area contributed by atoms with Gasteiger partial charge in [0.25, 0.3) is 5.56 Å². The van der Waals surface area contributed by atoms with E-state index in [1.165, 1.54) is 4.90 Å². The van der Waals surface area contributed by atoms with Crippen LogP contribution in [0.15, 0.2) is 17.1 Å². The first-order chi connectivity index (χ1) is 11.4. The Balaban J connectivity index is 1.61. The number of aromatic amines is 1. The fourth-order valence-corrected chi connectivity index (χ4v) is 3.48. The molecule has 4 heterocycles. The zero-order valence-electron chi connectivity index (χ0n) is 13.8. The lowest BCUT2D eigenvalue weighted by molar-refractivity contribution is 0.0699. The summed E-state index contributed by atoms with van der Waals surface area (Å²) >= 11 is 0. The van der Waals surface area contributed by atoms with Crippen LogP contribution in [-0.4, -0.2) is 68.0 Å². The summed E-state index contributed by atoms with van der Waals surface area (Å²) in [5.74, 6) is 0.0510. The van der Waals surface area contributed by atoms with Crippen LogP contribution < -0.4 is 5.56 Å². The number of H-pyrrole nitrogens is 1. The van der Waals surface area contributed by atoms with Crippen molar-refractivity contribution in [2.75, 3.05) is 26.2 Å². The molecule has 1 amide bonds. The molecule has 0 unspecified atom stereocenters. The first kappa shape index (κ1) is 15.2. The SMILES string of the molecule is CC(C)N1CC(n2ncc3c(=O)[nH]c(C4CN(C(=O)O)C4)cc32)C1. The molecule has 8 heteroatoms. The Kier molecular flexibility index (Phi) is 3.38. The van der Waals surface area contributed by atoms with Crippen molar-refractivity contribution in [3.63, 3.8) is 0 Å². The number of carbonyl (C=O) groups is 1. The number of rotatable bonds is 3. The van der Waals surface area contributed by atoms with Crippen LogP contribution in [0.1, 0.15) is 31.5 Å². The van der Waals surface area contributed by atoms with Gasteiger partial charge in [-0.05, 0) is 19.9 Å². The summed E-state index contributed by atoms with van der Waals surface area (Å²) < 4.78 is 1.95. The van der Waals surface area contributed by atoms with Crippen molar-refractivity contribution in [3.8, 4) is 0 Å². The normalized spacial score (nSPS) is 19.7. The monoisotopic (exact) mass is 331 g/mol. The molecule has 2 saturated heterocycles. The van der Waals surface area contributed by atoms with E-state index < -0.39 is 6.09 Å². The molecule has 2 aliphatic rings.